The molecule has 2 amide bonds. The van der Waals surface area contributed by atoms with Gasteiger partial charge >= 0.3 is 0 Å². The highest BCUT2D eigenvalue weighted by Gasteiger charge is 2.28. The predicted molar refractivity (Wildman–Crippen MR) is 147 cm³/mol. The molecule has 3 aliphatic rings. The van der Waals surface area contributed by atoms with Crippen LogP contribution in [0.25, 0.3) is 17.0 Å². The molecule has 0 bridgehead atoms. The molecule has 2 N–H and O–H groups in total. The van der Waals surface area contributed by atoms with Crippen LogP contribution in [0.15, 0.2) is 30.3 Å². The molecule has 3 saturated heterocycles. The van der Waals surface area contributed by atoms with Crippen LogP contribution in [-0.4, -0.2) is 108 Å². The number of para-hydroxylation sites is 2. The number of imidazole rings is 1. The van der Waals surface area contributed by atoms with Gasteiger partial charge in [-0.3, -0.25) is 14.2 Å². The quantitative estimate of drug-likeness (QED) is 0.431. The summed E-state index contributed by atoms with van der Waals surface area (Å²) in [6, 6.07) is 8.57. The van der Waals surface area contributed by atoms with Gasteiger partial charge in [0.25, 0.3) is 6.43 Å². The third-order valence-electron chi connectivity index (χ3n) is 7.75. The number of morpholine rings is 1. The molecule has 3 aliphatic heterocycles. The molecule has 0 radical (unpaired) electrons. The number of carbonyl (C=O) groups is 2. The first-order valence-electron chi connectivity index (χ1n) is 14.0. The molecule has 12 nitrogen and oxygen atoms in total. The van der Waals surface area contributed by atoms with Crippen LogP contribution < -0.4 is 20.4 Å². The Labute approximate surface area is 235 Å². The lowest BCUT2D eigenvalue weighted by Crippen LogP contribution is -2.52. The lowest BCUT2D eigenvalue weighted by Gasteiger charge is -2.36. The molecular weight excluding hydrogens is 536 g/mol. The smallest absolute Gasteiger partial charge is 0.296 e. The molecule has 0 aliphatic carbocycles. The Morgan fingerprint density at radius 1 is 1.00 bits per heavy atom. The van der Waals surface area contributed by atoms with Crippen LogP contribution >= 0.6 is 0 Å². The van der Waals surface area contributed by atoms with Gasteiger partial charge in [0.15, 0.2) is 5.82 Å². The first-order chi connectivity index (χ1) is 20.0. The predicted octanol–water partition coefficient (Wildman–Crippen LogP) is 1.11. The Morgan fingerprint density at radius 2 is 1.71 bits per heavy atom. The number of nitrogens with zero attached hydrogens (tertiary/aromatic N) is 7. The van der Waals surface area contributed by atoms with Crippen LogP contribution in [0.4, 0.5) is 20.4 Å². The minimum Gasteiger partial charge on any atom is -0.378 e. The lowest BCUT2D eigenvalue weighted by atomic mass is 10.2. The van der Waals surface area contributed by atoms with Crippen molar-refractivity contribution < 1.29 is 23.1 Å². The van der Waals surface area contributed by atoms with Crippen molar-refractivity contribution in [3.63, 3.8) is 0 Å². The second-order valence-corrected chi connectivity index (χ2v) is 10.3. The lowest BCUT2D eigenvalue weighted by molar-refractivity contribution is -0.133. The molecule has 0 spiro atoms. The van der Waals surface area contributed by atoms with E-state index in [0.29, 0.717) is 75.2 Å². The van der Waals surface area contributed by atoms with Gasteiger partial charge in [-0.15, -0.1) is 0 Å². The topological polar surface area (TPSA) is 121 Å². The summed E-state index contributed by atoms with van der Waals surface area (Å²) < 4.78 is 35.1. The summed E-state index contributed by atoms with van der Waals surface area (Å²) in [5, 5.41) is 5.88. The maximum absolute atomic E-state index is 14.1. The normalized spacial score (nSPS) is 19.8. The Balaban J connectivity index is 1.23. The molecule has 0 saturated carbocycles. The zero-order valence-corrected chi connectivity index (χ0v) is 22.6. The van der Waals surface area contributed by atoms with Crippen molar-refractivity contribution in [2.45, 2.75) is 25.3 Å². The molecular formula is C27H33F2N9O3. The Kier molecular flexibility index (Phi) is 7.92. The Hall–Kier alpha value is -3.91. The van der Waals surface area contributed by atoms with Crippen LogP contribution in [0, 0.1) is 0 Å². The van der Waals surface area contributed by atoms with Crippen LogP contribution in [0.2, 0.25) is 0 Å². The number of hydrogen-bond acceptors (Lipinski definition) is 9. The van der Waals surface area contributed by atoms with E-state index in [1.54, 1.807) is 29.2 Å². The van der Waals surface area contributed by atoms with Gasteiger partial charge in [0.2, 0.25) is 17.8 Å². The van der Waals surface area contributed by atoms with E-state index < -0.39 is 12.2 Å². The highest BCUT2D eigenvalue weighted by atomic mass is 19.3. The number of halogens is 2. The minimum absolute atomic E-state index is 0.0417. The molecule has 14 heteroatoms. The van der Waals surface area contributed by atoms with E-state index in [1.807, 2.05) is 11.0 Å². The summed E-state index contributed by atoms with van der Waals surface area (Å²) in [5.74, 6) is 0.625. The maximum Gasteiger partial charge on any atom is 0.296 e. The van der Waals surface area contributed by atoms with Crippen molar-refractivity contribution in [3.8, 4) is 5.95 Å². The Bertz CT molecular complexity index is 1400. The molecule has 3 fully saturated rings. The van der Waals surface area contributed by atoms with Gasteiger partial charge in [-0.25, -0.2) is 13.8 Å². The van der Waals surface area contributed by atoms with E-state index in [9.17, 15) is 18.4 Å². The third-order valence-corrected chi connectivity index (χ3v) is 7.75. The monoisotopic (exact) mass is 569 g/mol. The molecule has 6 rings (SSSR count). The first-order valence-corrected chi connectivity index (χ1v) is 14.0. The van der Waals surface area contributed by atoms with Gasteiger partial charge in [0.05, 0.1) is 36.8 Å². The van der Waals surface area contributed by atoms with Gasteiger partial charge in [-0.1, -0.05) is 12.1 Å². The summed E-state index contributed by atoms with van der Waals surface area (Å²) in [6.45, 7) is 4.96. The van der Waals surface area contributed by atoms with E-state index >= 15 is 0 Å². The van der Waals surface area contributed by atoms with Crippen LogP contribution in [0.1, 0.15) is 25.1 Å². The third kappa shape index (κ3) is 5.79. The summed E-state index contributed by atoms with van der Waals surface area (Å²) in [7, 11) is 0. The number of rotatable bonds is 7. The number of anilines is 2. The molecule has 41 heavy (non-hydrogen) atoms. The van der Waals surface area contributed by atoms with E-state index in [2.05, 4.69) is 20.5 Å². The van der Waals surface area contributed by atoms with E-state index in [-0.39, 0.29) is 30.3 Å². The fraction of sp³-hybridized carbons (Fsp3) is 0.519. The van der Waals surface area contributed by atoms with E-state index in [1.165, 1.54) is 4.57 Å². The highest BCUT2D eigenvalue weighted by molar-refractivity contribution is 5.87. The highest BCUT2D eigenvalue weighted by Crippen LogP contribution is 2.29. The minimum atomic E-state index is -2.82. The number of fused-ring (bicyclic) bond motifs is 1. The second kappa shape index (κ2) is 11.9. The van der Waals surface area contributed by atoms with Crippen LogP contribution in [0.5, 0.6) is 0 Å². The van der Waals surface area contributed by atoms with Gasteiger partial charge in [0.1, 0.15) is 11.6 Å². The number of ether oxygens (including phenoxy) is 1. The number of hydrogen-bond donors (Lipinski definition) is 2. The van der Waals surface area contributed by atoms with Crippen LogP contribution in [0.3, 0.4) is 0 Å². The van der Waals surface area contributed by atoms with Gasteiger partial charge in [-0.05, 0) is 31.5 Å². The molecule has 1 aromatic carbocycles. The Morgan fingerprint density at radius 3 is 2.39 bits per heavy atom. The van der Waals surface area contributed by atoms with Crippen molar-refractivity contribution in [2.24, 2.45) is 0 Å². The molecule has 3 aromatic rings. The fourth-order valence-corrected chi connectivity index (χ4v) is 5.52. The zero-order chi connectivity index (χ0) is 28.3. The molecule has 2 aromatic heterocycles. The number of amides is 2. The van der Waals surface area contributed by atoms with Crippen molar-refractivity contribution >= 4 is 34.5 Å². The number of aromatic nitrogens is 4. The van der Waals surface area contributed by atoms with Crippen molar-refractivity contribution in [2.75, 3.05) is 75.4 Å². The molecule has 218 valence electrons. The first kappa shape index (κ1) is 27.3. The van der Waals surface area contributed by atoms with E-state index in [0.717, 1.165) is 19.4 Å². The number of alkyl halides is 2. The van der Waals surface area contributed by atoms with Crippen molar-refractivity contribution in [3.05, 3.63) is 36.2 Å². The number of nitrogens with one attached hydrogen (secondary N) is 2. The maximum atomic E-state index is 14.1. The van der Waals surface area contributed by atoms with Gasteiger partial charge in [0, 0.05) is 45.3 Å². The standard InChI is InChI=1S/C27H33F2N9O3/c28-24(29)25-32-18-4-1-2-6-20(18)38(25)27-33-21(16-22(34-27)36-12-14-41-15-13-36)35-8-10-37(11-9-35)23(39)17-31-26(40)19-5-3-7-30-19/h1-2,4,6,16,19,24,30H,3,5,7-15,17H2,(H,31,40)/t19-/m0/s1. The van der Waals surface area contributed by atoms with Crippen molar-refractivity contribution in [1.29, 1.82) is 0 Å². The molecule has 1 atom stereocenters. The fourth-order valence-electron chi connectivity index (χ4n) is 5.52. The molecule has 5 heterocycles. The summed E-state index contributed by atoms with van der Waals surface area (Å²) in [6.07, 6.45) is -1.09. The number of benzene rings is 1. The van der Waals surface area contributed by atoms with Crippen molar-refractivity contribution in [1.82, 2.24) is 35.1 Å². The zero-order valence-electron chi connectivity index (χ0n) is 22.6. The van der Waals surface area contributed by atoms with Crippen LogP contribution in [-0.2, 0) is 14.3 Å². The van der Waals surface area contributed by atoms with E-state index in [4.69, 9.17) is 14.7 Å². The average Bonchev–Trinajstić information content (AvgIpc) is 3.69. The summed E-state index contributed by atoms with van der Waals surface area (Å²) >= 11 is 0. The van der Waals surface area contributed by atoms with Gasteiger partial charge < -0.3 is 30.1 Å². The van der Waals surface area contributed by atoms with Gasteiger partial charge in [-0.2, -0.15) is 9.97 Å². The second-order valence-electron chi connectivity index (χ2n) is 10.3. The number of piperazine rings is 1. The SMILES string of the molecule is O=C(NCC(=O)N1CCN(c2cc(N3CCOCC3)nc(-n3c(C(F)F)nc4ccccc43)n2)CC1)[C@@H]1CCCN1. The summed E-state index contributed by atoms with van der Waals surface area (Å²) in [5.41, 5.74) is 0.936. The largest absolute Gasteiger partial charge is 0.378 e. The average molecular weight is 570 g/mol. The summed E-state index contributed by atoms with van der Waals surface area (Å²) in [4.78, 5) is 44.5. The number of carbonyl (C=O) groups excluding carboxylic acids is 2. The molecule has 0 unspecified atom stereocenters.